The molecule has 0 fully saturated rings. The summed E-state index contributed by atoms with van der Waals surface area (Å²) in [4.78, 5) is 0. The van der Waals surface area contributed by atoms with Crippen LogP contribution >= 0.6 is 0 Å². The monoisotopic (exact) mass is 243 g/mol. The normalized spacial score (nSPS) is 10.5. The highest BCUT2D eigenvalue weighted by Gasteiger charge is 2.07. The van der Waals surface area contributed by atoms with Gasteiger partial charge in [0, 0.05) is 32.3 Å². The topological polar surface area (TPSA) is 53.9 Å². The van der Waals surface area contributed by atoms with Crippen molar-refractivity contribution in [3.05, 3.63) is 47.2 Å². The van der Waals surface area contributed by atoms with Gasteiger partial charge in [0.05, 0.1) is 6.26 Å². The number of nitrogens with zero attached hydrogens (tertiary/aromatic N) is 2. The zero-order valence-corrected chi connectivity index (χ0v) is 10.7. The fourth-order valence-corrected chi connectivity index (χ4v) is 1.94. The van der Waals surface area contributed by atoms with Crippen LogP contribution < -0.4 is 5.32 Å². The molecule has 4 heteroatoms. The van der Waals surface area contributed by atoms with Gasteiger partial charge in [-0.25, -0.2) is 0 Å². The molecule has 2 rings (SSSR count). The van der Waals surface area contributed by atoms with E-state index in [1.807, 2.05) is 36.7 Å². The minimum atomic E-state index is 0.704. The third kappa shape index (κ3) is 2.63. The summed E-state index contributed by atoms with van der Waals surface area (Å²) >= 11 is 0. The molecule has 0 bridgehead atoms. The van der Waals surface area contributed by atoms with E-state index in [4.69, 9.17) is 9.68 Å². The molecule has 18 heavy (non-hydrogen) atoms. The first-order chi connectivity index (χ1) is 8.72. The molecular weight excluding hydrogens is 226 g/mol. The highest BCUT2D eigenvalue weighted by molar-refractivity contribution is 5.34. The molecule has 0 saturated carbocycles. The smallest absolute Gasteiger partial charge is 0.120 e. The maximum absolute atomic E-state index is 8.95. The zero-order valence-electron chi connectivity index (χ0n) is 10.7. The van der Waals surface area contributed by atoms with Crippen molar-refractivity contribution in [2.24, 2.45) is 7.05 Å². The Hall–Kier alpha value is -1.99. The van der Waals surface area contributed by atoms with Gasteiger partial charge in [-0.05, 0) is 30.7 Å². The maximum Gasteiger partial charge on any atom is 0.120 e. The minimum absolute atomic E-state index is 0.704. The lowest BCUT2D eigenvalue weighted by molar-refractivity contribution is 0.498. The fourth-order valence-electron chi connectivity index (χ4n) is 1.94. The van der Waals surface area contributed by atoms with Crippen LogP contribution in [0.5, 0.6) is 0 Å². The molecule has 0 atom stereocenters. The lowest BCUT2D eigenvalue weighted by Gasteiger charge is -2.04. The Bertz CT molecular complexity index is 546. The van der Waals surface area contributed by atoms with Crippen LogP contribution in [0.1, 0.15) is 22.7 Å². The molecule has 2 aromatic heterocycles. The standard InChI is InChI=1S/C14H17N3O/c1-11-12(8-13(9-15)17(11)2)10-16-6-5-14-4-3-7-18-14/h3-4,7-8,16H,5-6,10H2,1-2H3. The summed E-state index contributed by atoms with van der Waals surface area (Å²) in [5, 5.41) is 12.3. The first-order valence-electron chi connectivity index (χ1n) is 6.00. The average Bonchev–Trinajstić information content (AvgIpc) is 2.97. The van der Waals surface area contributed by atoms with Crippen molar-refractivity contribution in [1.82, 2.24) is 9.88 Å². The van der Waals surface area contributed by atoms with Crippen LogP contribution in [-0.2, 0) is 20.0 Å². The maximum atomic E-state index is 8.95. The second-order valence-corrected chi connectivity index (χ2v) is 4.32. The van der Waals surface area contributed by atoms with Crippen molar-refractivity contribution in [1.29, 1.82) is 5.26 Å². The SMILES string of the molecule is Cc1c(CNCCc2ccco2)cc(C#N)n1C. The van der Waals surface area contributed by atoms with Crippen molar-refractivity contribution in [2.45, 2.75) is 19.9 Å². The predicted octanol–water partition coefficient (Wildman–Crippen LogP) is 2.13. The van der Waals surface area contributed by atoms with Crippen molar-refractivity contribution in [3.8, 4) is 6.07 Å². The van der Waals surface area contributed by atoms with Gasteiger partial charge in [-0.2, -0.15) is 5.26 Å². The lowest BCUT2D eigenvalue weighted by Crippen LogP contribution is -2.16. The molecule has 1 N–H and O–H groups in total. The highest BCUT2D eigenvalue weighted by Crippen LogP contribution is 2.12. The van der Waals surface area contributed by atoms with E-state index in [0.29, 0.717) is 5.69 Å². The van der Waals surface area contributed by atoms with E-state index >= 15 is 0 Å². The third-order valence-corrected chi connectivity index (χ3v) is 3.20. The van der Waals surface area contributed by atoms with Gasteiger partial charge in [0.15, 0.2) is 0 Å². The molecule has 94 valence electrons. The van der Waals surface area contributed by atoms with E-state index in [0.717, 1.165) is 31.0 Å². The summed E-state index contributed by atoms with van der Waals surface area (Å²) in [6.07, 6.45) is 2.57. The predicted molar refractivity (Wildman–Crippen MR) is 69.0 cm³/mol. The second kappa shape index (κ2) is 5.56. The van der Waals surface area contributed by atoms with E-state index in [2.05, 4.69) is 11.4 Å². The zero-order chi connectivity index (χ0) is 13.0. The Morgan fingerprint density at radius 2 is 2.33 bits per heavy atom. The Labute approximate surface area is 107 Å². The number of furan rings is 1. The van der Waals surface area contributed by atoms with Crippen LogP contribution in [0.3, 0.4) is 0 Å². The van der Waals surface area contributed by atoms with Crippen LogP contribution in [0.15, 0.2) is 28.9 Å². The molecule has 0 aliphatic rings. The van der Waals surface area contributed by atoms with Crippen molar-refractivity contribution in [2.75, 3.05) is 6.54 Å². The van der Waals surface area contributed by atoms with Gasteiger partial charge in [-0.15, -0.1) is 0 Å². The van der Waals surface area contributed by atoms with Crippen molar-refractivity contribution >= 4 is 0 Å². The molecule has 0 unspecified atom stereocenters. The van der Waals surface area contributed by atoms with Gasteiger partial charge in [-0.1, -0.05) is 0 Å². The number of nitriles is 1. The first kappa shape index (κ1) is 12.5. The molecule has 2 heterocycles. The number of rotatable bonds is 5. The van der Waals surface area contributed by atoms with Crippen LogP contribution in [0.25, 0.3) is 0 Å². The Morgan fingerprint density at radius 3 is 2.94 bits per heavy atom. The van der Waals surface area contributed by atoms with Gasteiger partial charge >= 0.3 is 0 Å². The van der Waals surface area contributed by atoms with Crippen LogP contribution in [0, 0.1) is 18.3 Å². The molecule has 0 aromatic carbocycles. The van der Waals surface area contributed by atoms with Crippen molar-refractivity contribution < 1.29 is 4.42 Å². The average molecular weight is 243 g/mol. The van der Waals surface area contributed by atoms with Gasteiger partial charge in [-0.3, -0.25) is 0 Å². The van der Waals surface area contributed by atoms with E-state index in [9.17, 15) is 0 Å². The van der Waals surface area contributed by atoms with Crippen LogP contribution in [-0.4, -0.2) is 11.1 Å². The fraction of sp³-hybridized carbons (Fsp3) is 0.357. The summed E-state index contributed by atoms with van der Waals surface area (Å²) in [6.45, 7) is 3.68. The lowest BCUT2D eigenvalue weighted by atomic mass is 10.2. The van der Waals surface area contributed by atoms with Crippen molar-refractivity contribution in [3.63, 3.8) is 0 Å². The molecule has 0 saturated heterocycles. The van der Waals surface area contributed by atoms with Gasteiger partial charge in [0.2, 0.25) is 0 Å². The third-order valence-electron chi connectivity index (χ3n) is 3.20. The Morgan fingerprint density at radius 1 is 1.50 bits per heavy atom. The van der Waals surface area contributed by atoms with E-state index in [-0.39, 0.29) is 0 Å². The number of nitrogens with one attached hydrogen (secondary N) is 1. The molecule has 0 aliphatic carbocycles. The summed E-state index contributed by atoms with van der Waals surface area (Å²) in [5.41, 5.74) is 3.01. The minimum Gasteiger partial charge on any atom is -0.469 e. The van der Waals surface area contributed by atoms with Gasteiger partial charge in [0.1, 0.15) is 17.5 Å². The molecule has 0 amide bonds. The van der Waals surface area contributed by atoms with Gasteiger partial charge in [0.25, 0.3) is 0 Å². The van der Waals surface area contributed by atoms with Crippen LogP contribution in [0.4, 0.5) is 0 Å². The summed E-state index contributed by atoms with van der Waals surface area (Å²) in [7, 11) is 1.92. The largest absolute Gasteiger partial charge is 0.469 e. The number of hydrogen-bond acceptors (Lipinski definition) is 3. The molecular formula is C14H17N3O. The van der Waals surface area contributed by atoms with Gasteiger partial charge < -0.3 is 14.3 Å². The highest BCUT2D eigenvalue weighted by atomic mass is 16.3. The molecule has 0 spiro atoms. The number of hydrogen-bond donors (Lipinski definition) is 1. The summed E-state index contributed by atoms with van der Waals surface area (Å²) in [5.74, 6) is 0.991. The summed E-state index contributed by atoms with van der Waals surface area (Å²) < 4.78 is 7.18. The quantitative estimate of drug-likeness (QED) is 0.818. The van der Waals surface area contributed by atoms with E-state index in [1.165, 1.54) is 5.56 Å². The second-order valence-electron chi connectivity index (χ2n) is 4.32. The Balaban J connectivity index is 1.85. The molecule has 0 radical (unpaired) electrons. The molecule has 2 aromatic rings. The molecule has 4 nitrogen and oxygen atoms in total. The Kier molecular flexibility index (Phi) is 3.85. The van der Waals surface area contributed by atoms with E-state index < -0.39 is 0 Å². The summed E-state index contributed by atoms with van der Waals surface area (Å²) in [6, 6.07) is 8.00. The van der Waals surface area contributed by atoms with Crippen LogP contribution in [0.2, 0.25) is 0 Å². The first-order valence-corrected chi connectivity index (χ1v) is 6.00. The van der Waals surface area contributed by atoms with E-state index in [1.54, 1.807) is 6.26 Å². The molecule has 0 aliphatic heterocycles. The number of aromatic nitrogens is 1.